The number of aliphatic hydroxyl groups is 2. The van der Waals surface area contributed by atoms with E-state index in [0.29, 0.717) is 30.4 Å². The van der Waals surface area contributed by atoms with E-state index in [-0.39, 0.29) is 29.9 Å². The average molecular weight is 617 g/mol. The molecule has 232 valence electrons. The number of rotatable bonds is 8. The van der Waals surface area contributed by atoms with Gasteiger partial charge in [-0.3, -0.25) is 9.69 Å². The number of aromatic nitrogens is 1. The molecule has 42 heavy (non-hydrogen) atoms. The number of benzene rings is 1. The van der Waals surface area contributed by atoms with Crippen molar-refractivity contribution in [3.8, 4) is 5.75 Å². The molecule has 2 fully saturated rings. The van der Waals surface area contributed by atoms with Crippen LogP contribution in [0.5, 0.6) is 5.75 Å². The second-order valence-corrected chi connectivity index (χ2v) is 11.7. The number of aliphatic hydroxyl groups excluding tert-OH is 1. The Balaban J connectivity index is 1.32. The summed E-state index contributed by atoms with van der Waals surface area (Å²) in [5.41, 5.74) is -4.26. The Hall–Kier alpha value is -2.67. The van der Waals surface area contributed by atoms with Crippen molar-refractivity contribution < 1.29 is 37.3 Å². The largest absolute Gasteiger partial charge is 0.497 e. The first kappa shape index (κ1) is 32.2. The molecular formula is C29H37ClF4N4O4. The average Bonchev–Trinajstić information content (AvgIpc) is 2.95. The maximum atomic E-state index is 14.1. The predicted octanol–water partition coefficient (Wildman–Crippen LogP) is 4.73. The number of halogens is 5. The zero-order valence-corrected chi connectivity index (χ0v) is 24.6. The summed E-state index contributed by atoms with van der Waals surface area (Å²) in [5.74, 6) is -1.39. The van der Waals surface area contributed by atoms with Crippen LogP contribution in [0.3, 0.4) is 0 Å². The van der Waals surface area contributed by atoms with Gasteiger partial charge in [-0.25, -0.2) is 9.37 Å². The van der Waals surface area contributed by atoms with E-state index < -0.39 is 35.3 Å². The van der Waals surface area contributed by atoms with Crippen molar-refractivity contribution in [3.63, 3.8) is 0 Å². The number of likely N-dealkylation sites (tertiary alicyclic amines) is 1. The molecule has 13 heteroatoms. The number of piperidine rings is 2. The lowest BCUT2D eigenvalue weighted by molar-refractivity contribution is -0.262. The van der Waals surface area contributed by atoms with Crippen LogP contribution in [0.1, 0.15) is 49.5 Å². The van der Waals surface area contributed by atoms with Gasteiger partial charge in [-0.2, -0.15) is 13.2 Å². The van der Waals surface area contributed by atoms with Crippen LogP contribution < -0.4 is 9.64 Å². The highest BCUT2D eigenvalue weighted by molar-refractivity contribution is 6.30. The number of ether oxygens (including phenoxy) is 1. The number of hydrogen-bond acceptors (Lipinski definition) is 7. The standard InChI is InChI=1S/C29H37ClF4N4O4/c1-36(2)26(39)23-4-5-24(35-25(23)30)37-10-6-18(7-11-37)14-19-8-12-38(13-9-19)27(40)28(41,29(32,33)34)20-15-21(31)17-22(16-20)42-3/h4-5,15-19,26,39,41H,6-14H2,1-3H3. The summed E-state index contributed by atoms with van der Waals surface area (Å²) >= 11 is 6.33. The highest BCUT2D eigenvalue weighted by Gasteiger charge is 2.62. The number of hydrogen-bond donors (Lipinski definition) is 2. The molecule has 2 aromatic rings. The van der Waals surface area contributed by atoms with E-state index in [9.17, 15) is 32.6 Å². The van der Waals surface area contributed by atoms with Crippen molar-refractivity contribution in [1.82, 2.24) is 14.8 Å². The van der Waals surface area contributed by atoms with Gasteiger partial charge in [-0.1, -0.05) is 11.6 Å². The maximum absolute atomic E-state index is 14.1. The van der Waals surface area contributed by atoms with Gasteiger partial charge in [0, 0.05) is 43.4 Å². The minimum atomic E-state index is -5.36. The smallest absolute Gasteiger partial charge is 0.430 e. The SMILES string of the molecule is COc1cc(F)cc(C(O)(C(=O)N2CCC(CC3CCN(c4ccc(C(O)N(C)C)c(Cl)n4)CC3)CC2)C(F)(F)F)c1. The Kier molecular flexibility index (Phi) is 9.91. The molecule has 3 heterocycles. The molecule has 2 aliphatic rings. The molecule has 2 saturated heterocycles. The Bertz CT molecular complexity index is 1250. The van der Waals surface area contributed by atoms with E-state index in [2.05, 4.69) is 9.88 Å². The summed E-state index contributed by atoms with van der Waals surface area (Å²) in [7, 11) is 4.65. The minimum Gasteiger partial charge on any atom is -0.497 e. The van der Waals surface area contributed by atoms with Crippen LogP contribution in [-0.4, -0.2) is 84.5 Å². The molecule has 2 atom stereocenters. The molecule has 1 amide bonds. The molecule has 8 nitrogen and oxygen atoms in total. The first-order valence-corrected chi connectivity index (χ1v) is 14.3. The first-order valence-electron chi connectivity index (χ1n) is 13.9. The second-order valence-electron chi connectivity index (χ2n) is 11.4. The number of carbonyl (C=O) groups excluding carboxylic acids is 1. The van der Waals surface area contributed by atoms with Crippen molar-refractivity contribution in [1.29, 1.82) is 0 Å². The lowest BCUT2D eigenvalue weighted by atomic mass is 9.82. The van der Waals surface area contributed by atoms with Gasteiger partial charge >= 0.3 is 6.18 Å². The van der Waals surface area contributed by atoms with Crippen molar-refractivity contribution >= 4 is 23.3 Å². The Morgan fingerprint density at radius 1 is 1.10 bits per heavy atom. The molecule has 0 bridgehead atoms. The van der Waals surface area contributed by atoms with E-state index in [1.54, 1.807) is 25.1 Å². The third kappa shape index (κ3) is 6.77. The molecule has 1 aromatic carbocycles. The second kappa shape index (κ2) is 12.9. The fraction of sp³-hybridized carbons (Fsp3) is 0.586. The molecule has 0 aliphatic carbocycles. The molecular weight excluding hydrogens is 580 g/mol. The highest BCUT2D eigenvalue weighted by atomic mass is 35.5. The number of methoxy groups -OCH3 is 1. The number of alkyl halides is 3. The Morgan fingerprint density at radius 2 is 1.69 bits per heavy atom. The molecule has 1 aromatic heterocycles. The lowest BCUT2D eigenvalue weighted by Crippen LogP contribution is -2.57. The summed E-state index contributed by atoms with van der Waals surface area (Å²) in [6.45, 7) is 1.69. The zero-order valence-electron chi connectivity index (χ0n) is 23.9. The quantitative estimate of drug-likeness (QED) is 0.252. The third-order valence-corrected chi connectivity index (χ3v) is 8.68. The summed E-state index contributed by atoms with van der Waals surface area (Å²) in [6.07, 6.45) is -2.47. The van der Waals surface area contributed by atoms with Gasteiger partial charge < -0.3 is 24.7 Å². The molecule has 2 aliphatic heterocycles. The number of carbonyl (C=O) groups is 1. The summed E-state index contributed by atoms with van der Waals surface area (Å²) in [6, 6.07) is 5.85. The predicted molar refractivity (Wildman–Crippen MR) is 150 cm³/mol. The van der Waals surface area contributed by atoms with E-state index in [4.69, 9.17) is 16.3 Å². The first-order chi connectivity index (χ1) is 19.7. The van der Waals surface area contributed by atoms with Crippen LogP contribution in [0.25, 0.3) is 0 Å². The summed E-state index contributed by atoms with van der Waals surface area (Å²) < 4.78 is 61.2. The maximum Gasteiger partial charge on any atom is 0.430 e. The molecule has 2 N–H and O–H groups in total. The van der Waals surface area contributed by atoms with Crippen LogP contribution in [0.15, 0.2) is 30.3 Å². The van der Waals surface area contributed by atoms with Crippen molar-refractivity contribution in [3.05, 3.63) is 52.4 Å². The fourth-order valence-electron chi connectivity index (χ4n) is 5.85. The monoisotopic (exact) mass is 616 g/mol. The topological polar surface area (TPSA) is 89.4 Å². The van der Waals surface area contributed by atoms with Gasteiger partial charge in [0.25, 0.3) is 11.5 Å². The van der Waals surface area contributed by atoms with Gasteiger partial charge in [0.15, 0.2) is 0 Å². The van der Waals surface area contributed by atoms with E-state index >= 15 is 0 Å². The Labute approximate surface area is 247 Å². The summed E-state index contributed by atoms with van der Waals surface area (Å²) in [4.78, 5) is 22.4. The van der Waals surface area contributed by atoms with Gasteiger partial charge in [0.1, 0.15) is 28.8 Å². The van der Waals surface area contributed by atoms with Crippen molar-refractivity contribution in [2.24, 2.45) is 11.8 Å². The van der Waals surface area contributed by atoms with E-state index in [1.165, 1.54) is 0 Å². The minimum absolute atomic E-state index is 0.0702. The fourth-order valence-corrected chi connectivity index (χ4v) is 6.10. The van der Waals surface area contributed by atoms with E-state index in [1.807, 2.05) is 6.07 Å². The number of nitrogens with zero attached hydrogens (tertiary/aromatic N) is 4. The molecule has 4 rings (SSSR count). The highest BCUT2D eigenvalue weighted by Crippen LogP contribution is 2.43. The number of amides is 1. The van der Waals surface area contributed by atoms with Gasteiger partial charge in [0.05, 0.1) is 7.11 Å². The van der Waals surface area contributed by atoms with Crippen LogP contribution in [0, 0.1) is 17.7 Å². The Morgan fingerprint density at radius 3 is 2.21 bits per heavy atom. The summed E-state index contributed by atoms with van der Waals surface area (Å²) in [5, 5.41) is 21.3. The van der Waals surface area contributed by atoms with Gasteiger partial charge in [-0.15, -0.1) is 0 Å². The lowest BCUT2D eigenvalue weighted by Gasteiger charge is -2.40. The molecule has 0 saturated carbocycles. The van der Waals surface area contributed by atoms with Crippen LogP contribution in [0.4, 0.5) is 23.4 Å². The van der Waals surface area contributed by atoms with Crippen molar-refractivity contribution in [2.75, 3.05) is 52.3 Å². The van der Waals surface area contributed by atoms with Gasteiger partial charge in [-0.05, 0) is 82.3 Å². The normalized spacial score (nSPS) is 19.6. The van der Waals surface area contributed by atoms with Gasteiger partial charge in [0.2, 0.25) is 0 Å². The molecule has 0 spiro atoms. The van der Waals surface area contributed by atoms with E-state index in [0.717, 1.165) is 62.3 Å². The van der Waals surface area contributed by atoms with Crippen molar-refractivity contribution in [2.45, 2.75) is 50.1 Å². The van der Waals surface area contributed by atoms with Crippen LogP contribution >= 0.6 is 11.6 Å². The third-order valence-electron chi connectivity index (χ3n) is 8.38. The zero-order chi connectivity index (χ0) is 30.8. The molecule has 0 radical (unpaired) electrons. The van der Waals surface area contributed by atoms with Crippen LogP contribution in [-0.2, 0) is 10.4 Å². The number of pyridine rings is 1. The number of anilines is 1. The van der Waals surface area contributed by atoms with Crippen LogP contribution in [0.2, 0.25) is 5.15 Å². The molecule has 2 unspecified atom stereocenters.